The van der Waals surface area contributed by atoms with Crippen molar-refractivity contribution in [3.8, 4) is 0 Å². The molecule has 0 heterocycles. The average molecular weight is 241 g/mol. The van der Waals surface area contributed by atoms with E-state index in [1.165, 1.54) is 12.1 Å². The van der Waals surface area contributed by atoms with E-state index in [-0.39, 0.29) is 18.8 Å². The van der Waals surface area contributed by atoms with Crippen LogP contribution in [0.15, 0.2) is 24.3 Å². The monoisotopic (exact) mass is 241 g/mol. The second-order valence-electron chi connectivity index (χ2n) is 3.83. The van der Waals surface area contributed by atoms with Crippen LogP contribution < -0.4 is 5.32 Å². The van der Waals surface area contributed by atoms with Gasteiger partial charge in [-0.2, -0.15) is 0 Å². The molecule has 0 aromatic heterocycles. The van der Waals surface area contributed by atoms with Gasteiger partial charge in [0.1, 0.15) is 5.82 Å². The largest absolute Gasteiger partial charge is 0.481 e. The van der Waals surface area contributed by atoms with Crippen LogP contribution in [-0.2, 0) is 11.2 Å². The quantitative estimate of drug-likeness (QED) is 0.617. The lowest BCUT2D eigenvalue weighted by Gasteiger charge is -2.09. The molecule has 0 fully saturated rings. The number of halogens is 1. The molecule has 0 aliphatic heterocycles. The Morgan fingerprint density at radius 2 is 2.00 bits per heavy atom. The first-order chi connectivity index (χ1) is 8.08. The highest BCUT2D eigenvalue weighted by atomic mass is 19.1. The van der Waals surface area contributed by atoms with Crippen molar-refractivity contribution in [2.24, 2.45) is 0 Å². The number of carboxylic acid groups (broad SMARTS) is 1. The topological polar surface area (TPSA) is 69.6 Å². The zero-order valence-electron chi connectivity index (χ0n) is 9.40. The number of aliphatic hydroxyl groups is 1. The Morgan fingerprint density at radius 1 is 1.35 bits per heavy atom. The minimum Gasteiger partial charge on any atom is -0.481 e. The number of nitrogens with one attached hydrogen (secondary N) is 1. The fourth-order valence-corrected chi connectivity index (χ4v) is 1.43. The lowest BCUT2D eigenvalue weighted by molar-refractivity contribution is -0.139. The van der Waals surface area contributed by atoms with Crippen LogP contribution in [0.25, 0.3) is 0 Å². The molecule has 1 unspecified atom stereocenters. The summed E-state index contributed by atoms with van der Waals surface area (Å²) < 4.78 is 12.6. The highest BCUT2D eigenvalue weighted by molar-refractivity contribution is 5.67. The van der Waals surface area contributed by atoms with Gasteiger partial charge in [-0.05, 0) is 30.7 Å². The molecule has 3 N–H and O–H groups in total. The fraction of sp³-hybridized carbons (Fsp3) is 0.417. The molecule has 4 nitrogen and oxygen atoms in total. The van der Waals surface area contributed by atoms with Crippen molar-refractivity contribution in [3.05, 3.63) is 35.6 Å². The Balaban J connectivity index is 2.15. The Morgan fingerprint density at radius 3 is 2.59 bits per heavy atom. The van der Waals surface area contributed by atoms with E-state index in [9.17, 15) is 14.3 Å². The standard InChI is InChI=1S/C12H16FNO3/c13-10-3-1-9(2-4-10)5-6-14-8-11(15)7-12(16)17/h1-4,11,14-15H,5-8H2,(H,16,17). The van der Waals surface area contributed by atoms with Gasteiger partial charge in [-0.1, -0.05) is 12.1 Å². The van der Waals surface area contributed by atoms with Crippen molar-refractivity contribution in [2.45, 2.75) is 18.9 Å². The van der Waals surface area contributed by atoms with Crippen LogP contribution in [0, 0.1) is 5.82 Å². The summed E-state index contributed by atoms with van der Waals surface area (Å²) >= 11 is 0. The third kappa shape index (κ3) is 5.99. The van der Waals surface area contributed by atoms with Crippen molar-refractivity contribution in [3.63, 3.8) is 0 Å². The van der Waals surface area contributed by atoms with Gasteiger partial charge in [0.2, 0.25) is 0 Å². The van der Waals surface area contributed by atoms with Gasteiger partial charge in [0.25, 0.3) is 0 Å². The van der Waals surface area contributed by atoms with Crippen LogP contribution in [0.4, 0.5) is 4.39 Å². The maximum Gasteiger partial charge on any atom is 0.306 e. The van der Waals surface area contributed by atoms with Crippen LogP contribution >= 0.6 is 0 Å². The SMILES string of the molecule is O=C(O)CC(O)CNCCc1ccc(F)cc1. The molecule has 0 saturated carbocycles. The van der Waals surface area contributed by atoms with Gasteiger partial charge in [-0.25, -0.2) is 4.39 Å². The van der Waals surface area contributed by atoms with E-state index in [0.717, 1.165) is 5.56 Å². The van der Waals surface area contributed by atoms with Crippen LogP contribution in [-0.4, -0.2) is 35.4 Å². The third-order valence-corrected chi connectivity index (χ3v) is 2.29. The summed E-state index contributed by atoms with van der Waals surface area (Å²) in [5.74, 6) is -1.28. The Bertz CT molecular complexity index is 353. The summed E-state index contributed by atoms with van der Waals surface area (Å²) in [6, 6.07) is 6.19. The molecule has 0 aliphatic carbocycles. The molecule has 1 aromatic carbocycles. The number of rotatable bonds is 7. The predicted octanol–water partition coefficient (Wildman–Crippen LogP) is 0.793. The summed E-state index contributed by atoms with van der Waals surface area (Å²) in [6.07, 6.45) is -0.426. The molecule has 0 amide bonds. The van der Waals surface area contributed by atoms with Gasteiger partial charge in [0, 0.05) is 6.54 Å². The summed E-state index contributed by atoms with van der Waals surface area (Å²) in [5, 5.41) is 20.6. The zero-order valence-corrected chi connectivity index (χ0v) is 9.40. The summed E-state index contributed by atoms with van der Waals surface area (Å²) in [4.78, 5) is 10.3. The number of aliphatic hydroxyl groups excluding tert-OH is 1. The molecule has 17 heavy (non-hydrogen) atoms. The zero-order chi connectivity index (χ0) is 12.7. The lowest BCUT2D eigenvalue weighted by Crippen LogP contribution is -2.30. The lowest BCUT2D eigenvalue weighted by atomic mass is 10.1. The van der Waals surface area contributed by atoms with Gasteiger partial charge in [0.05, 0.1) is 12.5 Å². The van der Waals surface area contributed by atoms with E-state index in [1.807, 2.05) is 0 Å². The minimum absolute atomic E-state index is 0.244. The molecule has 0 radical (unpaired) electrons. The van der Waals surface area contributed by atoms with Crippen molar-refractivity contribution >= 4 is 5.97 Å². The Kier molecular flexibility index (Phi) is 5.59. The number of benzene rings is 1. The van der Waals surface area contributed by atoms with Gasteiger partial charge in [-0.15, -0.1) is 0 Å². The smallest absolute Gasteiger partial charge is 0.306 e. The molecule has 0 aliphatic rings. The molecule has 0 bridgehead atoms. The normalized spacial score (nSPS) is 12.4. The number of carbonyl (C=O) groups is 1. The van der Waals surface area contributed by atoms with Crippen LogP contribution in [0.3, 0.4) is 0 Å². The van der Waals surface area contributed by atoms with E-state index in [4.69, 9.17) is 5.11 Å². The second-order valence-corrected chi connectivity index (χ2v) is 3.83. The van der Waals surface area contributed by atoms with Gasteiger partial charge in [-0.3, -0.25) is 4.79 Å². The van der Waals surface area contributed by atoms with Gasteiger partial charge >= 0.3 is 5.97 Å². The predicted molar refractivity (Wildman–Crippen MR) is 61.2 cm³/mol. The number of hydrogen-bond donors (Lipinski definition) is 3. The maximum atomic E-state index is 12.6. The summed E-state index contributed by atoms with van der Waals surface area (Å²) in [6.45, 7) is 0.857. The summed E-state index contributed by atoms with van der Waals surface area (Å²) in [7, 11) is 0. The molecular formula is C12H16FNO3. The highest BCUT2D eigenvalue weighted by Crippen LogP contribution is 2.02. The van der Waals surface area contributed by atoms with Crippen molar-refractivity contribution < 1.29 is 19.4 Å². The molecule has 5 heteroatoms. The van der Waals surface area contributed by atoms with E-state index in [1.54, 1.807) is 12.1 Å². The van der Waals surface area contributed by atoms with Crippen molar-refractivity contribution in [1.82, 2.24) is 5.32 Å². The first kappa shape index (κ1) is 13.6. The molecule has 1 atom stereocenters. The molecule has 1 aromatic rings. The number of carboxylic acids is 1. The number of hydrogen-bond acceptors (Lipinski definition) is 3. The van der Waals surface area contributed by atoms with Crippen LogP contribution in [0.5, 0.6) is 0 Å². The van der Waals surface area contributed by atoms with Crippen molar-refractivity contribution in [1.29, 1.82) is 0 Å². The molecule has 1 rings (SSSR count). The maximum absolute atomic E-state index is 12.6. The summed E-state index contributed by atoms with van der Waals surface area (Å²) in [5.41, 5.74) is 0.992. The molecule has 94 valence electrons. The van der Waals surface area contributed by atoms with Gasteiger partial charge < -0.3 is 15.5 Å². The van der Waals surface area contributed by atoms with E-state index in [0.29, 0.717) is 13.0 Å². The fourth-order valence-electron chi connectivity index (χ4n) is 1.43. The van der Waals surface area contributed by atoms with E-state index < -0.39 is 12.1 Å². The third-order valence-electron chi connectivity index (χ3n) is 2.29. The first-order valence-corrected chi connectivity index (χ1v) is 5.43. The number of aliphatic carboxylic acids is 1. The minimum atomic E-state index is -1.02. The average Bonchev–Trinajstić information content (AvgIpc) is 2.26. The van der Waals surface area contributed by atoms with Crippen LogP contribution in [0.1, 0.15) is 12.0 Å². The molecule has 0 saturated heterocycles. The Hall–Kier alpha value is -1.46. The van der Waals surface area contributed by atoms with E-state index >= 15 is 0 Å². The van der Waals surface area contributed by atoms with E-state index in [2.05, 4.69) is 5.32 Å². The van der Waals surface area contributed by atoms with Crippen LogP contribution in [0.2, 0.25) is 0 Å². The Labute approximate surface area is 99.1 Å². The highest BCUT2D eigenvalue weighted by Gasteiger charge is 2.08. The van der Waals surface area contributed by atoms with Crippen molar-refractivity contribution in [2.75, 3.05) is 13.1 Å². The first-order valence-electron chi connectivity index (χ1n) is 5.43. The molecule has 0 spiro atoms. The molecular weight excluding hydrogens is 225 g/mol. The second kappa shape index (κ2) is 6.98. The van der Waals surface area contributed by atoms with Gasteiger partial charge in [0.15, 0.2) is 0 Å².